The molecule has 0 amide bonds. The molecular formula is C16H26N2O. The van der Waals surface area contributed by atoms with Crippen LogP contribution in [-0.4, -0.2) is 26.2 Å². The number of methoxy groups -OCH3 is 1. The molecule has 0 aliphatic carbocycles. The third-order valence-corrected chi connectivity index (χ3v) is 3.96. The molecule has 1 aromatic rings. The highest BCUT2D eigenvalue weighted by atomic mass is 16.5. The molecular weight excluding hydrogens is 236 g/mol. The smallest absolute Gasteiger partial charge is 0.122 e. The van der Waals surface area contributed by atoms with E-state index in [1.807, 2.05) is 0 Å². The van der Waals surface area contributed by atoms with Gasteiger partial charge in [0.25, 0.3) is 0 Å². The first kappa shape index (κ1) is 14.2. The van der Waals surface area contributed by atoms with E-state index in [0.717, 1.165) is 12.3 Å². The monoisotopic (exact) mass is 262 g/mol. The Balaban J connectivity index is 1.86. The Morgan fingerprint density at radius 2 is 2.11 bits per heavy atom. The van der Waals surface area contributed by atoms with Gasteiger partial charge in [-0.2, -0.15) is 0 Å². The molecule has 1 aromatic carbocycles. The highest BCUT2D eigenvalue weighted by molar-refractivity contribution is 5.56. The minimum atomic E-state index is 0.695. The van der Waals surface area contributed by atoms with Crippen LogP contribution in [0.3, 0.4) is 0 Å². The summed E-state index contributed by atoms with van der Waals surface area (Å²) in [6.45, 7) is 6.44. The predicted molar refractivity (Wildman–Crippen MR) is 81.2 cm³/mol. The molecule has 0 radical (unpaired) electrons. The van der Waals surface area contributed by atoms with Crippen molar-refractivity contribution in [1.82, 2.24) is 5.32 Å². The third-order valence-electron chi connectivity index (χ3n) is 3.96. The number of hydrogen-bond donors (Lipinski definition) is 2. The van der Waals surface area contributed by atoms with Gasteiger partial charge in [0, 0.05) is 18.3 Å². The molecule has 2 N–H and O–H groups in total. The van der Waals surface area contributed by atoms with Crippen LogP contribution in [0.25, 0.3) is 0 Å². The molecule has 3 heteroatoms. The zero-order valence-electron chi connectivity index (χ0n) is 12.4. The maximum absolute atomic E-state index is 5.34. The summed E-state index contributed by atoms with van der Waals surface area (Å²) in [5.41, 5.74) is 3.67. The maximum Gasteiger partial charge on any atom is 0.122 e. The highest BCUT2D eigenvalue weighted by Crippen LogP contribution is 2.26. The van der Waals surface area contributed by atoms with Crippen molar-refractivity contribution in [3.05, 3.63) is 23.3 Å². The molecule has 1 atom stereocenters. The average molecular weight is 262 g/mol. The number of anilines is 1. The largest absolute Gasteiger partial charge is 0.496 e. The lowest BCUT2D eigenvalue weighted by atomic mass is 10.0. The molecule has 19 heavy (non-hydrogen) atoms. The van der Waals surface area contributed by atoms with Crippen LogP contribution in [-0.2, 0) is 0 Å². The number of benzene rings is 1. The van der Waals surface area contributed by atoms with Crippen LogP contribution in [0.4, 0.5) is 5.69 Å². The average Bonchev–Trinajstić information content (AvgIpc) is 2.43. The van der Waals surface area contributed by atoms with Gasteiger partial charge in [-0.3, -0.25) is 0 Å². The quantitative estimate of drug-likeness (QED) is 0.854. The van der Waals surface area contributed by atoms with Crippen molar-refractivity contribution in [2.45, 2.75) is 45.6 Å². The number of hydrogen-bond acceptors (Lipinski definition) is 3. The van der Waals surface area contributed by atoms with E-state index in [1.165, 1.54) is 49.0 Å². The molecule has 0 saturated carbocycles. The minimum Gasteiger partial charge on any atom is -0.496 e. The third kappa shape index (κ3) is 3.87. The second kappa shape index (κ2) is 6.80. The predicted octanol–water partition coefficient (Wildman–Crippen LogP) is 3.26. The summed E-state index contributed by atoms with van der Waals surface area (Å²) >= 11 is 0. The molecule has 1 aliphatic rings. The van der Waals surface area contributed by atoms with Crippen molar-refractivity contribution < 1.29 is 4.74 Å². The van der Waals surface area contributed by atoms with E-state index in [4.69, 9.17) is 4.74 Å². The molecule has 1 aliphatic heterocycles. The Labute approximate surface area is 116 Å². The lowest BCUT2D eigenvalue weighted by Crippen LogP contribution is -2.35. The molecule has 1 fully saturated rings. The van der Waals surface area contributed by atoms with Crippen molar-refractivity contribution in [2.75, 3.05) is 25.5 Å². The second-order valence-corrected chi connectivity index (χ2v) is 5.50. The lowest BCUT2D eigenvalue weighted by molar-refractivity contribution is 0.389. The van der Waals surface area contributed by atoms with Crippen molar-refractivity contribution in [3.63, 3.8) is 0 Å². The summed E-state index contributed by atoms with van der Waals surface area (Å²) in [7, 11) is 1.73. The Hall–Kier alpha value is -1.22. The van der Waals surface area contributed by atoms with Crippen molar-refractivity contribution in [2.24, 2.45) is 0 Å². The first-order chi connectivity index (χ1) is 9.20. The van der Waals surface area contributed by atoms with Gasteiger partial charge in [0.05, 0.1) is 7.11 Å². The van der Waals surface area contributed by atoms with E-state index in [1.54, 1.807) is 7.11 Å². The van der Waals surface area contributed by atoms with Gasteiger partial charge in [0.15, 0.2) is 0 Å². The van der Waals surface area contributed by atoms with Gasteiger partial charge >= 0.3 is 0 Å². The maximum atomic E-state index is 5.34. The van der Waals surface area contributed by atoms with Crippen LogP contribution >= 0.6 is 0 Å². The number of nitrogens with one attached hydrogen (secondary N) is 2. The topological polar surface area (TPSA) is 33.3 Å². The van der Waals surface area contributed by atoms with Crippen LogP contribution < -0.4 is 15.4 Å². The van der Waals surface area contributed by atoms with Crippen LogP contribution in [0.2, 0.25) is 0 Å². The zero-order valence-corrected chi connectivity index (χ0v) is 12.4. The van der Waals surface area contributed by atoms with E-state index in [2.05, 4.69) is 36.6 Å². The van der Waals surface area contributed by atoms with Crippen LogP contribution in [0.15, 0.2) is 12.1 Å². The SMILES string of the molecule is COc1cc(C)c(NCCC2CCCCN2)cc1C. The molecule has 0 bridgehead atoms. The Bertz CT molecular complexity index is 411. The second-order valence-electron chi connectivity index (χ2n) is 5.50. The summed E-state index contributed by atoms with van der Waals surface area (Å²) < 4.78 is 5.34. The van der Waals surface area contributed by atoms with Crippen molar-refractivity contribution >= 4 is 5.69 Å². The Morgan fingerprint density at radius 1 is 1.26 bits per heavy atom. The standard InChI is InChI=1S/C16H26N2O/c1-12-11-16(19-3)13(2)10-15(12)18-9-7-14-6-4-5-8-17-14/h10-11,14,17-18H,4-9H2,1-3H3. The summed E-state index contributed by atoms with van der Waals surface area (Å²) in [5, 5.41) is 7.15. The van der Waals surface area contributed by atoms with E-state index in [0.29, 0.717) is 6.04 Å². The van der Waals surface area contributed by atoms with Crippen LogP contribution in [0.1, 0.15) is 36.8 Å². The van der Waals surface area contributed by atoms with E-state index in [9.17, 15) is 0 Å². The zero-order chi connectivity index (χ0) is 13.7. The van der Waals surface area contributed by atoms with Crippen molar-refractivity contribution in [3.8, 4) is 5.75 Å². The summed E-state index contributed by atoms with van der Waals surface area (Å²) in [4.78, 5) is 0. The number of piperidine rings is 1. The van der Waals surface area contributed by atoms with Crippen LogP contribution in [0.5, 0.6) is 5.75 Å². The first-order valence-electron chi connectivity index (χ1n) is 7.33. The molecule has 3 nitrogen and oxygen atoms in total. The number of aryl methyl sites for hydroxylation is 2. The molecule has 1 unspecified atom stereocenters. The first-order valence-corrected chi connectivity index (χ1v) is 7.33. The summed E-state index contributed by atoms with van der Waals surface area (Å²) in [5.74, 6) is 0.969. The Kier molecular flexibility index (Phi) is 5.08. The fraction of sp³-hybridized carbons (Fsp3) is 0.625. The van der Waals surface area contributed by atoms with E-state index >= 15 is 0 Å². The van der Waals surface area contributed by atoms with Gasteiger partial charge in [0.2, 0.25) is 0 Å². The van der Waals surface area contributed by atoms with Gasteiger partial charge in [-0.15, -0.1) is 0 Å². The lowest BCUT2D eigenvalue weighted by Gasteiger charge is -2.24. The van der Waals surface area contributed by atoms with Gasteiger partial charge in [-0.05, 0) is 62.9 Å². The molecule has 0 aromatic heterocycles. The van der Waals surface area contributed by atoms with E-state index in [-0.39, 0.29) is 0 Å². The molecule has 1 saturated heterocycles. The molecule has 0 spiro atoms. The van der Waals surface area contributed by atoms with Crippen molar-refractivity contribution in [1.29, 1.82) is 0 Å². The molecule has 106 valence electrons. The minimum absolute atomic E-state index is 0.695. The van der Waals surface area contributed by atoms with Gasteiger partial charge in [-0.25, -0.2) is 0 Å². The fourth-order valence-corrected chi connectivity index (χ4v) is 2.75. The number of ether oxygens (including phenoxy) is 1. The molecule has 2 rings (SSSR count). The van der Waals surface area contributed by atoms with Crippen LogP contribution in [0, 0.1) is 13.8 Å². The summed E-state index contributed by atoms with van der Waals surface area (Å²) in [6, 6.07) is 4.99. The summed E-state index contributed by atoms with van der Waals surface area (Å²) in [6.07, 6.45) is 5.23. The Morgan fingerprint density at radius 3 is 2.79 bits per heavy atom. The molecule has 1 heterocycles. The van der Waals surface area contributed by atoms with Gasteiger partial charge in [0.1, 0.15) is 5.75 Å². The fourth-order valence-electron chi connectivity index (χ4n) is 2.75. The van der Waals surface area contributed by atoms with Gasteiger partial charge in [-0.1, -0.05) is 6.42 Å². The van der Waals surface area contributed by atoms with Gasteiger partial charge < -0.3 is 15.4 Å². The highest BCUT2D eigenvalue weighted by Gasteiger charge is 2.12. The normalized spacial score (nSPS) is 19.2. The number of rotatable bonds is 5. The van der Waals surface area contributed by atoms with E-state index < -0.39 is 0 Å².